The van der Waals surface area contributed by atoms with Gasteiger partial charge in [0, 0.05) is 13.0 Å². The Labute approximate surface area is 215 Å². The molecule has 1 aliphatic heterocycles. The highest BCUT2D eigenvalue weighted by Crippen LogP contribution is 2.35. The minimum absolute atomic E-state index is 0.0219. The Hall–Kier alpha value is -2.32. The summed E-state index contributed by atoms with van der Waals surface area (Å²) in [7, 11) is 2.89. The number of allylic oxidation sites excluding steroid dienone is 3. The van der Waals surface area contributed by atoms with Gasteiger partial charge < -0.3 is 54.7 Å². The zero-order chi connectivity index (χ0) is 27.1. The summed E-state index contributed by atoms with van der Waals surface area (Å²) in [5.41, 5.74) is 2.03. The number of rotatable bonds is 11. The quantitative estimate of drug-likeness (QED) is 0.192. The van der Waals surface area contributed by atoms with Crippen LogP contribution in [0.1, 0.15) is 5.56 Å². The number of phenols is 1. The van der Waals surface area contributed by atoms with Gasteiger partial charge in [0.05, 0.1) is 26.9 Å². The molecular formula is C26H36O11. The maximum atomic E-state index is 10.5. The van der Waals surface area contributed by atoms with Crippen molar-refractivity contribution < 1.29 is 54.7 Å². The molecule has 206 valence electrons. The predicted octanol–water partition coefficient (Wildman–Crippen LogP) is -0.833. The van der Waals surface area contributed by atoms with Gasteiger partial charge in [-0.3, -0.25) is 0 Å². The maximum Gasteiger partial charge on any atom is 0.187 e. The molecule has 1 fully saturated rings. The van der Waals surface area contributed by atoms with Crippen LogP contribution in [0.15, 0.2) is 53.6 Å². The van der Waals surface area contributed by atoms with Crippen molar-refractivity contribution >= 4 is 0 Å². The Balaban J connectivity index is 1.96. The second-order valence-electron chi connectivity index (χ2n) is 8.94. The van der Waals surface area contributed by atoms with Crippen LogP contribution in [0.5, 0.6) is 11.5 Å². The fourth-order valence-electron chi connectivity index (χ4n) is 4.53. The van der Waals surface area contributed by atoms with Crippen molar-refractivity contribution in [3.63, 3.8) is 0 Å². The lowest BCUT2D eigenvalue weighted by Crippen LogP contribution is -2.60. The Morgan fingerprint density at radius 2 is 1.81 bits per heavy atom. The van der Waals surface area contributed by atoms with Gasteiger partial charge in [0.1, 0.15) is 36.6 Å². The number of ether oxygens (including phenoxy) is 4. The Kier molecular flexibility index (Phi) is 10.6. The summed E-state index contributed by atoms with van der Waals surface area (Å²) in [5.74, 6) is -0.263. The fraction of sp³-hybridized carbons (Fsp3) is 0.538. The minimum atomic E-state index is -1.62. The zero-order valence-electron chi connectivity index (χ0n) is 20.8. The predicted molar refractivity (Wildman–Crippen MR) is 131 cm³/mol. The molecule has 1 aromatic rings. The van der Waals surface area contributed by atoms with E-state index in [1.807, 2.05) is 0 Å². The molecule has 8 atom stereocenters. The Morgan fingerprint density at radius 1 is 1.05 bits per heavy atom. The largest absolute Gasteiger partial charge is 0.504 e. The van der Waals surface area contributed by atoms with Crippen LogP contribution in [0.4, 0.5) is 0 Å². The lowest BCUT2D eigenvalue weighted by atomic mass is 9.82. The van der Waals surface area contributed by atoms with Crippen molar-refractivity contribution in [1.82, 2.24) is 0 Å². The number of hydrogen-bond acceptors (Lipinski definition) is 11. The molecule has 3 rings (SSSR count). The molecule has 0 radical (unpaired) electrons. The number of benzene rings is 1. The van der Waals surface area contributed by atoms with E-state index < -0.39 is 55.4 Å². The number of aliphatic hydroxyl groups excluding tert-OH is 6. The lowest BCUT2D eigenvalue weighted by molar-refractivity contribution is -0.313. The highest BCUT2D eigenvalue weighted by molar-refractivity contribution is 5.44. The maximum absolute atomic E-state index is 10.5. The summed E-state index contributed by atoms with van der Waals surface area (Å²) in [4.78, 5) is 0. The van der Waals surface area contributed by atoms with E-state index in [-0.39, 0.29) is 24.7 Å². The van der Waals surface area contributed by atoms with Crippen LogP contribution < -0.4 is 4.74 Å². The topological polar surface area (TPSA) is 179 Å². The average Bonchev–Trinajstić information content (AvgIpc) is 2.91. The SMILES string of the molecule is COc1cc(CC(CO)C2=CC(/C=C/CO)=CC(OC)C2O[C@@H]2O[C@H](CO)[C@@H](O)[C@H](O)[C@H]2O)ccc1O. The Bertz CT molecular complexity index is 973. The van der Waals surface area contributed by atoms with Gasteiger partial charge in [-0.05, 0) is 41.3 Å². The molecule has 0 saturated carbocycles. The van der Waals surface area contributed by atoms with E-state index >= 15 is 0 Å². The number of hydrogen-bond donors (Lipinski definition) is 7. The van der Waals surface area contributed by atoms with Crippen molar-refractivity contribution in [2.24, 2.45) is 5.92 Å². The molecule has 37 heavy (non-hydrogen) atoms. The molecular weight excluding hydrogens is 488 g/mol. The molecule has 3 unspecified atom stereocenters. The molecule has 1 heterocycles. The van der Waals surface area contributed by atoms with Crippen molar-refractivity contribution in [2.75, 3.05) is 34.0 Å². The summed E-state index contributed by atoms with van der Waals surface area (Å²) in [6, 6.07) is 4.85. The van der Waals surface area contributed by atoms with Crippen LogP contribution in [-0.2, 0) is 20.6 Å². The third-order valence-electron chi connectivity index (χ3n) is 6.55. The monoisotopic (exact) mass is 524 g/mol. The van der Waals surface area contributed by atoms with Gasteiger partial charge in [0.2, 0.25) is 0 Å². The van der Waals surface area contributed by atoms with E-state index in [1.54, 1.807) is 36.4 Å². The van der Waals surface area contributed by atoms with Crippen LogP contribution in [-0.4, -0.2) is 113 Å². The van der Waals surface area contributed by atoms with Gasteiger partial charge in [0.25, 0.3) is 0 Å². The van der Waals surface area contributed by atoms with E-state index in [0.29, 0.717) is 17.6 Å². The van der Waals surface area contributed by atoms with E-state index in [4.69, 9.17) is 18.9 Å². The number of methoxy groups -OCH3 is 2. The van der Waals surface area contributed by atoms with Gasteiger partial charge in [-0.15, -0.1) is 0 Å². The van der Waals surface area contributed by atoms with E-state index in [9.17, 15) is 35.7 Å². The van der Waals surface area contributed by atoms with Gasteiger partial charge in [-0.2, -0.15) is 0 Å². The summed E-state index contributed by atoms with van der Waals surface area (Å²) < 4.78 is 22.5. The third kappa shape index (κ3) is 6.77. The molecule has 2 aliphatic rings. The van der Waals surface area contributed by atoms with Crippen LogP contribution in [0, 0.1) is 5.92 Å². The summed E-state index contributed by atoms with van der Waals surface area (Å²) in [6.07, 6.45) is -1.90. The van der Waals surface area contributed by atoms with Gasteiger partial charge >= 0.3 is 0 Å². The van der Waals surface area contributed by atoms with Crippen molar-refractivity contribution in [1.29, 1.82) is 0 Å². The first kappa shape index (κ1) is 29.2. The standard InChI is InChI=1S/C26H36O11/c1-34-19-10-15(5-6-18(19)30)8-16(12-28)17-9-14(4-3-7-27)11-20(35-2)25(17)37-26-24(33)23(32)22(31)21(13-29)36-26/h3-6,9-11,16,20-33H,7-8,12-13H2,1-2H3/b4-3+/t16?,20?,21-,22-,23+,24-,25?,26+/m1/s1. The van der Waals surface area contributed by atoms with E-state index in [2.05, 4.69) is 0 Å². The van der Waals surface area contributed by atoms with Crippen LogP contribution in [0.2, 0.25) is 0 Å². The smallest absolute Gasteiger partial charge is 0.187 e. The summed E-state index contributed by atoms with van der Waals surface area (Å²) in [5, 5.41) is 70.0. The lowest BCUT2D eigenvalue weighted by Gasteiger charge is -2.43. The van der Waals surface area contributed by atoms with Gasteiger partial charge in [-0.1, -0.05) is 24.3 Å². The van der Waals surface area contributed by atoms with Crippen LogP contribution >= 0.6 is 0 Å². The number of aromatic hydroxyl groups is 1. The Morgan fingerprint density at radius 3 is 2.43 bits per heavy atom. The second-order valence-corrected chi connectivity index (χ2v) is 8.94. The molecule has 11 heteroatoms. The summed E-state index contributed by atoms with van der Waals surface area (Å²) >= 11 is 0. The van der Waals surface area contributed by atoms with Crippen molar-refractivity contribution in [2.45, 2.75) is 49.3 Å². The van der Waals surface area contributed by atoms with Crippen LogP contribution in [0.3, 0.4) is 0 Å². The molecule has 0 bridgehead atoms. The molecule has 0 aromatic heterocycles. The average molecular weight is 525 g/mol. The van der Waals surface area contributed by atoms with E-state index in [0.717, 1.165) is 5.56 Å². The van der Waals surface area contributed by atoms with Gasteiger partial charge in [0.15, 0.2) is 17.8 Å². The second kappa shape index (κ2) is 13.5. The molecule has 7 N–H and O–H groups in total. The van der Waals surface area contributed by atoms with Crippen molar-refractivity contribution in [3.05, 3.63) is 59.2 Å². The molecule has 11 nitrogen and oxygen atoms in total. The summed E-state index contributed by atoms with van der Waals surface area (Å²) in [6.45, 7) is -1.08. The first-order valence-corrected chi connectivity index (χ1v) is 11.9. The first-order valence-electron chi connectivity index (χ1n) is 11.9. The molecule has 1 aliphatic carbocycles. The minimum Gasteiger partial charge on any atom is -0.504 e. The number of aliphatic hydroxyl groups is 6. The first-order chi connectivity index (χ1) is 17.8. The van der Waals surface area contributed by atoms with E-state index in [1.165, 1.54) is 20.3 Å². The molecule has 1 saturated heterocycles. The molecule has 0 amide bonds. The third-order valence-corrected chi connectivity index (χ3v) is 6.55. The molecule has 0 spiro atoms. The van der Waals surface area contributed by atoms with Crippen molar-refractivity contribution in [3.8, 4) is 11.5 Å². The zero-order valence-corrected chi connectivity index (χ0v) is 20.8. The highest BCUT2D eigenvalue weighted by atomic mass is 16.7. The molecule has 1 aromatic carbocycles. The number of phenolic OH excluding ortho intramolecular Hbond substituents is 1. The van der Waals surface area contributed by atoms with Crippen LogP contribution in [0.25, 0.3) is 0 Å². The highest BCUT2D eigenvalue weighted by Gasteiger charge is 2.46. The fourth-order valence-corrected chi connectivity index (χ4v) is 4.53. The normalized spacial score (nSPS) is 31.2. The van der Waals surface area contributed by atoms with Gasteiger partial charge in [-0.25, -0.2) is 0 Å².